The van der Waals surface area contributed by atoms with Crippen LogP contribution in [0.5, 0.6) is 0 Å². The molecule has 0 aliphatic heterocycles. The Labute approximate surface area is 174 Å². The van der Waals surface area contributed by atoms with Gasteiger partial charge in [-0.25, -0.2) is 5.43 Å². The number of benzene rings is 3. The second kappa shape index (κ2) is 7.94. The zero-order valence-electron chi connectivity index (χ0n) is 16.2. The van der Waals surface area contributed by atoms with E-state index < -0.39 is 0 Å². The number of carbonyl (C=O) groups excluding carboxylic acids is 1. The summed E-state index contributed by atoms with van der Waals surface area (Å²) in [5.41, 5.74) is 7.28. The fourth-order valence-corrected chi connectivity index (χ4v) is 3.59. The number of nitrogens with zero attached hydrogens (tertiary/aromatic N) is 2. The van der Waals surface area contributed by atoms with Crippen molar-refractivity contribution in [3.05, 3.63) is 100 Å². The van der Waals surface area contributed by atoms with Crippen LogP contribution in [0.15, 0.2) is 77.9 Å². The molecule has 29 heavy (non-hydrogen) atoms. The molecule has 0 atom stereocenters. The van der Waals surface area contributed by atoms with Crippen LogP contribution in [0.1, 0.15) is 27.3 Å². The quantitative estimate of drug-likeness (QED) is 0.348. The number of aromatic nitrogens is 1. The van der Waals surface area contributed by atoms with Crippen LogP contribution in [0, 0.1) is 13.8 Å². The van der Waals surface area contributed by atoms with E-state index in [0.717, 1.165) is 33.4 Å². The van der Waals surface area contributed by atoms with Crippen molar-refractivity contribution in [2.45, 2.75) is 13.8 Å². The third-order valence-electron chi connectivity index (χ3n) is 4.94. The lowest BCUT2D eigenvalue weighted by atomic mass is 10.1. The Morgan fingerprint density at radius 3 is 2.45 bits per heavy atom. The molecule has 4 aromatic rings. The minimum absolute atomic E-state index is 0.237. The first-order chi connectivity index (χ1) is 14.0. The molecule has 0 saturated heterocycles. The summed E-state index contributed by atoms with van der Waals surface area (Å²) in [5.74, 6) is -0.237. The molecule has 1 amide bonds. The molecule has 3 aromatic carbocycles. The van der Waals surface area contributed by atoms with Gasteiger partial charge in [0.25, 0.3) is 5.91 Å². The van der Waals surface area contributed by atoms with Gasteiger partial charge in [-0.2, -0.15) is 5.10 Å². The van der Waals surface area contributed by atoms with Crippen LogP contribution in [0.2, 0.25) is 5.02 Å². The van der Waals surface area contributed by atoms with E-state index in [1.54, 1.807) is 12.3 Å². The third-order valence-corrected chi connectivity index (χ3v) is 5.19. The third kappa shape index (κ3) is 3.93. The molecule has 0 radical (unpaired) electrons. The van der Waals surface area contributed by atoms with E-state index in [-0.39, 0.29) is 5.91 Å². The van der Waals surface area contributed by atoms with Crippen molar-refractivity contribution >= 4 is 34.5 Å². The lowest BCUT2D eigenvalue weighted by molar-refractivity contribution is 0.0955. The van der Waals surface area contributed by atoms with E-state index in [9.17, 15) is 4.79 Å². The molecule has 0 aliphatic rings. The Balaban J connectivity index is 1.52. The summed E-state index contributed by atoms with van der Waals surface area (Å²) in [7, 11) is 0. The molecule has 1 N–H and O–H groups in total. The van der Waals surface area contributed by atoms with Crippen LogP contribution in [0.25, 0.3) is 16.5 Å². The van der Waals surface area contributed by atoms with Gasteiger partial charge in [0.2, 0.25) is 0 Å². The number of halogens is 1. The van der Waals surface area contributed by atoms with E-state index in [1.807, 2.05) is 80.6 Å². The van der Waals surface area contributed by atoms with Crippen molar-refractivity contribution in [1.29, 1.82) is 0 Å². The molecule has 1 heterocycles. The summed E-state index contributed by atoms with van der Waals surface area (Å²) >= 11 is 5.99. The predicted octanol–water partition coefficient (Wildman–Crippen LogP) is 5.66. The average molecular weight is 402 g/mol. The predicted molar refractivity (Wildman–Crippen MR) is 119 cm³/mol. The number of carbonyl (C=O) groups is 1. The largest absolute Gasteiger partial charge is 0.318 e. The van der Waals surface area contributed by atoms with E-state index in [4.69, 9.17) is 11.6 Å². The lowest BCUT2D eigenvalue weighted by Crippen LogP contribution is -2.17. The number of amides is 1. The Morgan fingerprint density at radius 1 is 0.966 bits per heavy atom. The van der Waals surface area contributed by atoms with Crippen LogP contribution in [-0.2, 0) is 0 Å². The second-order valence-corrected chi connectivity index (χ2v) is 7.34. The number of hydrogen-bond acceptors (Lipinski definition) is 2. The van der Waals surface area contributed by atoms with Crippen molar-refractivity contribution in [2.75, 3.05) is 0 Å². The highest BCUT2D eigenvalue weighted by Gasteiger charge is 2.10. The molecule has 0 aliphatic carbocycles. The number of hydrogen-bond donors (Lipinski definition) is 1. The summed E-state index contributed by atoms with van der Waals surface area (Å²) in [6.07, 6.45) is 1.67. The van der Waals surface area contributed by atoms with Gasteiger partial charge in [0.1, 0.15) is 0 Å². The van der Waals surface area contributed by atoms with Gasteiger partial charge in [0, 0.05) is 33.2 Å². The van der Waals surface area contributed by atoms with Crippen LogP contribution in [-0.4, -0.2) is 16.7 Å². The highest BCUT2D eigenvalue weighted by atomic mass is 35.5. The molecule has 1 aromatic heterocycles. The summed E-state index contributed by atoms with van der Waals surface area (Å²) in [6, 6.07) is 23.3. The van der Waals surface area contributed by atoms with E-state index in [1.165, 1.54) is 0 Å². The molecule has 5 heteroatoms. The van der Waals surface area contributed by atoms with E-state index >= 15 is 0 Å². The Hall–Kier alpha value is -3.37. The Kier molecular flexibility index (Phi) is 5.19. The zero-order chi connectivity index (χ0) is 20.4. The molecular weight excluding hydrogens is 382 g/mol. The van der Waals surface area contributed by atoms with Crippen LogP contribution < -0.4 is 5.43 Å². The maximum atomic E-state index is 12.4. The summed E-state index contributed by atoms with van der Waals surface area (Å²) < 4.78 is 2.13. The number of hydrazone groups is 1. The van der Waals surface area contributed by atoms with Crippen molar-refractivity contribution in [3.63, 3.8) is 0 Å². The van der Waals surface area contributed by atoms with Crippen LogP contribution in [0.3, 0.4) is 0 Å². The number of nitrogens with one attached hydrogen (secondary N) is 1. The normalized spacial score (nSPS) is 11.3. The van der Waals surface area contributed by atoms with Gasteiger partial charge in [-0.15, -0.1) is 0 Å². The minimum atomic E-state index is -0.237. The number of rotatable bonds is 4. The van der Waals surface area contributed by atoms with Gasteiger partial charge in [-0.05, 0) is 67.1 Å². The summed E-state index contributed by atoms with van der Waals surface area (Å²) in [5, 5.41) is 6.99. The Morgan fingerprint density at radius 2 is 1.69 bits per heavy atom. The molecular formula is C24H20ClN3O. The van der Waals surface area contributed by atoms with Crippen molar-refractivity contribution < 1.29 is 4.79 Å². The van der Waals surface area contributed by atoms with E-state index in [0.29, 0.717) is 10.6 Å². The van der Waals surface area contributed by atoms with Gasteiger partial charge in [-0.3, -0.25) is 4.79 Å². The fourth-order valence-electron chi connectivity index (χ4n) is 3.46. The molecule has 4 rings (SSSR count). The highest BCUT2D eigenvalue weighted by Crippen LogP contribution is 2.21. The first-order valence-electron chi connectivity index (χ1n) is 9.30. The summed E-state index contributed by atoms with van der Waals surface area (Å²) in [6.45, 7) is 4.06. The lowest BCUT2D eigenvalue weighted by Gasteiger charge is -2.09. The molecule has 144 valence electrons. The minimum Gasteiger partial charge on any atom is -0.318 e. The molecule has 0 fully saturated rings. The Bertz CT molecular complexity index is 1220. The molecule has 0 spiro atoms. The molecule has 0 unspecified atom stereocenters. The van der Waals surface area contributed by atoms with Gasteiger partial charge >= 0.3 is 0 Å². The molecule has 0 bridgehead atoms. The van der Waals surface area contributed by atoms with Gasteiger partial charge in [-0.1, -0.05) is 41.9 Å². The zero-order valence-corrected chi connectivity index (χ0v) is 16.9. The second-order valence-electron chi connectivity index (χ2n) is 6.90. The monoisotopic (exact) mass is 401 g/mol. The summed E-state index contributed by atoms with van der Waals surface area (Å²) in [4.78, 5) is 12.4. The van der Waals surface area contributed by atoms with Crippen molar-refractivity contribution in [1.82, 2.24) is 9.99 Å². The fraction of sp³-hybridized carbons (Fsp3) is 0.0833. The van der Waals surface area contributed by atoms with Crippen molar-refractivity contribution in [3.8, 4) is 5.69 Å². The highest BCUT2D eigenvalue weighted by molar-refractivity contribution is 6.30. The van der Waals surface area contributed by atoms with Crippen molar-refractivity contribution in [2.24, 2.45) is 5.10 Å². The van der Waals surface area contributed by atoms with Crippen LogP contribution >= 0.6 is 11.6 Å². The smallest absolute Gasteiger partial charge is 0.271 e. The van der Waals surface area contributed by atoms with E-state index in [2.05, 4.69) is 15.1 Å². The molecule has 0 saturated carbocycles. The van der Waals surface area contributed by atoms with Gasteiger partial charge in [0.15, 0.2) is 0 Å². The maximum Gasteiger partial charge on any atom is 0.271 e. The van der Waals surface area contributed by atoms with Gasteiger partial charge < -0.3 is 4.57 Å². The SMILES string of the molecule is Cc1cc(/C=N\NC(=O)c2ccc3ccccc3c2)c(C)n1-c1ccc(Cl)cc1. The van der Waals surface area contributed by atoms with Gasteiger partial charge in [0.05, 0.1) is 6.21 Å². The standard InChI is InChI=1S/C24H20ClN3O/c1-16-13-21(17(2)28(16)23-11-9-22(25)10-12-23)15-26-27-24(29)20-8-7-18-5-3-4-6-19(18)14-20/h3-15H,1-2H3,(H,27,29)/b26-15-. The topological polar surface area (TPSA) is 46.4 Å². The molecule has 4 nitrogen and oxygen atoms in total. The number of fused-ring (bicyclic) bond motifs is 1. The van der Waals surface area contributed by atoms with Crippen LogP contribution in [0.4, 0.5) is 0 Å². The first kappa shape index (κ1) is 19.0. The maximum absolute atomic E-state index is 12.4. The average Bonchev–Trinajstić information content (AvgIpc) is 3.01. The first-order valence-corrected chi connectivity index (χ1v) is 9.68. The number of aryl methyl sites for hydroxylation is 1.